The Balaban J connectivity index is 2.14. The van der Waals surface area contributed by atoms with Gasteiger partial charge in [0.15, 0.2) is 0 Å². The molecule has 1 aliphatic rings. The van der Waals surface area contributed by atoms with Crippen molar-refractivity contribution in [2.24, 2.45) is 0 Å². The van der Waals surface area contributed by atoms with Gasteiger partial charge < -0.3 is 9.88 Å². The molecule has 3 rings (SSSR count). The van der Waals surface area contributed by atoms with Gasteiger partial charge in [-0.3, -0.25) is 4.57 Å². The number of nitrogens with one attached hydrogen (secondary N) is 1. The molecule has 2 aromatic rings. The zero-order chi connectivity index (χ0) is 13.6. The first-order valence-electron chi connectivity index (χ1n) is 6.34. The van der Waals surface area contributed by atoms with Crippen LogP contribution in [0.1, 0.15) is 18.9 Å². The summed E-state index contributed by atoms with van der Waals surface area (Å²) in [6, 6.07) is 3.19. The first-order valence-corrected chi connectivity index (χ1v) is 7.13. The molecule has 1 aliphatic heterocycles. The smallest absolute Gasteiger partial charge is 0.305 e. The summed E-state index contributed by atoms with van der Waals surface area (Å²) in [4.78, 5) is 17.1. The van der Waals surface area contributed by atoms with Crippen LogP contribution in [0.4, 0.5) is 4.39 Å². The first kappa shape index (κ1) is 12.9. The highest BCUT2D eigenvalue weighted by Crippen LogP contribution is 2.26. The van der Waals surface area contributed by atoms with Crippen LogP contribution in [0.15, 0.2) is 21.4 Å². The molecule has 0 aliphatic carbocycles. The Kier molecular flexibility index (Phi) is 3.22. The molecule has 1 aromatic heterocycles. The number of nitrogens with zero attached hydrogens (tertiary/aromatic N) is 2. The zero-order valence-electron chi connectivity index (χ0n) is 10.6. The molecule has 2 heterocycles. The average molecular weight is 328 g/mol. The van der Waals surface area contributed by atoms with Gasteiger partial charge >= 0.3 is 5.69 Å². The molecule has 1 aromatic carbocycles. The number of aromatic nitrogens is 2. The number of benzene rings is 1. The van der Waals surface area contributed by atoms with Crippen molar-refractivity contribution < 1.29 is 4.39 Å². The fraction of sp³-hybridized carbons (Fsp3) is 0.462. The third-order valence-corrected chi connectivity index (χ3v) is 4.33. The van der Waals surface area contributed by atoms with Gasteiger partial charge in [0.2, 0.25) is 0 Å². The number of likely N-dealkylation sites (N-methyl/N-ethyl adjacent to an activating group) is 1. The number of rotatable bonds is 1. The van der Waals surface area contributed by atoms with Crippen molar-refractivity contribution in [3.63, 3.8) is 0 Å². The van der Waals surface area contributed by atoms with Crippen molar-refractivity contribution in [1.29, 1.82) is 0 Å². The predicted molar refractivity (Wildman–Crippen MR) is 76.0 cm³/mol. The molecule has 6 heteroatoms. The van der Waals surface area contributed by atoms with Gasteiger partial charge in [-0.2, -0.15) is 0 Å². The van der Waals surface area contributed by atoms with Crippen LogP contribution in [0.5, 0.6) is 0 Å². The molecule has 1 unspecified atom stereocenters. The van der Waals surface area contributed by atoms with E-state index in [2.05, 4.69) is 32.9 Å². The maximum Gasteiger partial charge on any atom is 0.326 e. The monoisotopic (exact) mass is 327 g/mol. The lowest BCUT2D eigenvalue weighted by molar-refractivity contribution is 0.212. The summed E-state index contributed by atoms with van der Waals surface area (Å²) in [5.41, 5.74) is 1.16. The molecule has 1 atom stereocenters. The molecular formula is C13H15BrFN3O. The number of hydrogen-bond acceptors (Lipinski definition) is 2. The second-order valence-corrected chi connectivity index (χ2v) is 6.00. The van der Waals surface area contributed by atoms with Gasteiger partial charge in [0.1, 0.15) is 5.82 Å². The summed E-state index contributed by atoms with van der Waals surface area (Å²) in [5.74, 6) is -0.360. The van der Waals surface area contributed by atoms with Crippen LogP contribution in [0.2, 0.25) is 0 Å². The molecule has 0 amide bonds. The molecule has 4 nitrogen and oxygen atoms in total. The Morgan fingerprint density at radius 3 is 3.00 bits per heavy atom. The molecule has 102 valence electrons. The Bertz CT molecular complexity index is 678. The van der Waals surface area contributed by atoms with Crippen LogP contribution < -0.4 is 5.69 Å². The minimum Gasteiger partial charge on any atom is -0.305 e. The predicted octanol–water partition coefficient (Wildman–Crippen LogP) is 2.50. The summed E-state index contributed by atoms with van der Waals surface area (Å²) < 4.78 is 15.7. The summed E-state index contributed by atoms with van der Waals surface area (Å²) in [6.07, 6.45) is 2.05. The van der Waals surface area contributed by atoms with Crippen LogP contribution in [0.25, 0.3) is 11.0 Å². The highest BCUT2D eigenvalue weighted by atomic mass is 79.9. The number of aromatic amines is 1. The number of imidazole rings is 1. The van der Waals surface area contributed by atoms with Crippen LogP contribution in [0, 0.1) is 5.82 Å². The average Bonchev–Trinajstić information content (AvgIpc) is 2.65. The van der Waals surface area contributed by atoms with E-state index >= 15 is 0 Å². The fourth-order valence-corrected chi connectivity index (χ4v) is 3.16. The second-order valence-electron chi connectivity index (χ2n) is 5.14. The van der Waals surface area contributed by atoms with E-state index in [0.29, 0.717) is 9.99 Å². The maximum absolute atomic E-state index is 13.5. The molecule has 0 saturated carbocycles. The Hall–Kier alpha value is -1.14. The Labute approximate surface area is 118 Å². The van der Waals surface area contributed by atoms with Gasteiger partial charge in [-0.1, -0.05) is 0 Å². The van der Waals surface area contributed by atoms with Gasteiger partial charge in [0.25, 0.3) is 0 Å². The van der Waals surface area contributed by atoms with Gasteiger partial charge in [-0.05, 0) is 48.4 Å². The molecule has 0 spiro atoms. The van der Waals surface area contributed by atoms with Crippen molar-refractivity contribution in [2.75, 3.05) is 20.1 Å². The summed E-state index contributed by atoms with van der Waals surface area (Å²) in [7, 11) is 2.06. The van der Waals surface area contributed by atoms with Crippen molar-refractivity contribution in [2.45, 2.75) is 18.9 Å². The number of piperidine rings is 1. The molecule has 1 fully saturated rings. The highest BCUT2D eigenvalue weighted by Gasteiger charge is 2.22. The van der Waals surface area contributed by atoms with Crippen LogP contribution in [-0.2, 0) is 0 Å². The lowest BCUT2D eigenvalue weighted by Crippen LogP contribution is -2.36. The zero-order valence-corrected chi connectivity index (χ0v) is 12.2. The van der Waals surface area contributed by atoms with Crippen molar-refractivity contribution in [1.82, 2.24) is 14.5 Å². The fourth-order valence-electron chi connectivity index (χ4n) is 2.83. The van der Waals surface area contributed by atoms with E-state index in [0.717, 1.165) is 31.4 Å². The Morgan fingerprint density at radius 2 is 2.26 bits per heavy atom. The van der Waals surface area contributed by atoms with Crippen LogP contribution in [0.3, 0.4) is 0 Å². The molecule has 0 radical (unpaired) electrons. The van der Waals surface area contributed by atoms with E-state index in [-0.39, 0.29) is 17.5 Å². The Morgan fingerprint density at radius 1 is 1.47 bits per heavy atom. The SMILES string of the molecule is CN1CCCC(n2c(=O)[nH]c3cc(F)c(Br)cc32)C1. The lowest BCUT2D eigenvalue weighted by Gasteiger charge is -2.30. The van der Waals surface area contributed by atoms with Crippen molar-refractivity contribution in [3.05, 3.63) is 32.9 Å². The van der Waals surface area contributed by atoms with E-state index in [1.165, 1.54) is 6.07 Å². The third kappa shape index (κ3) is 2.23. The standard InChI is InChI=1S/C13H15BrFN3O/c1-17-4-2-3-8(7-17)18-12-5-9(14)10(15)6-11(12)16-13(18)19/h5-6,8H,2-4,7H2,1H3,(H,16,19). The van der Waals surface area contributed by atoms with Crippen LogP contribution in [-0.4, -0.2) is 34.6 Å². The van der Waals surface area contributed by atoms with Gasteiger partial charge in [-0.15, -0.1) is 0 Å². The first-order chi connectivity index (χ1) is 9.06. The second kappa shape index (κ2) is 4.76. The topological polar surface area (TPSA) is 41.0 Å². The summed E-state index contributed by atoms with van der Waals surface area (Å²) in [6.45, 7) is 1.91. The summed E-state index contributed by atoms with van der Waals surface area (Å²) >= 11 is 3.18. The molecular weight excluding hydrogens is 313 g/mol. The van der Waals surface area contributed by atoms with Crippen molar-refractivity contribution >= 4 is 27.0 Å². The molecule has 1 N–H and O–H groups in total. The number of halogens is 2. The van der Waals surface area contributed by atoms with E-state index in [4.69, 9.17) is 0 Å². The number of fused-ring (bicyclic) bond motifs is 1. The van der Waals surface area contributed by atoms with E-state index in [1.807, 2.05) is 0 Å². The van der Waals surface area contributed by atoms with E-state index < -0.39 is 0 Å². The molecule has 19 heavy (non-hydrogen) atoms. The van der Waals surface area contributed by atoms with E-state index in [1.54, 1.807) is 10.6 Å². The number of likely N-dealkylation sites (tertiary alicyclic amines) is 1. The quantitative estimate of drug-likeness (QED) is 0.874. The number of hydrogen-bond donors (Lipinski definition) is 1. The van der Waals surface area contributed by atoms with Gasteiger partial charge in [0.05, 0.1) is 21.5 Å². The van der Waals surface area contributed by atoms with Gasteiger partial charge in [-0.25, -0.2) is 9.18 Å². The third-order valence-electron chi connectivity index (χ3n) is 3.72. The van der Waals surface area contributed by atoms with Gasteiger partial charge in [0, 0.05) is 12.6 Å². The van der Waals surface area contributed by atoms with E-state index in [9.17, 15) is 9.18 Å². The number of H-pyrrole nitrogens is 1. The maximum atomic E-state index is 13.5. The van der Waals surface area contributed by atoms with Crippen molar-refractivity contribution in [3.8, 4) is 0 Å². The largest absolute Gasteiger partial charge is 0.326 e. The minimum atomic E-state index is -0.360. The summed E-state index contributed by atoms with van der Waals surface area (Å²) in [5, 5.41) is 0. The molecule has 0 bridgehead atoms. The molecule has 1 saturated heterocycles. The minimum absolute atomic E-state index is 0.150. The highest BCUT2D eigenvalue weighted by molar-refractivity contribution is 9.10. The normalized spacial score (nSPS) is 21.1. The van der Waals surface area contributed by atoms with Crippen LogP contribution >= 0.6 is 15.9 Å². The lowest BCUT2D eigenvalue weighted by atomic mass is 10.1.